The quantitative estimate of drug-likeness (QED) is 0.943. The van der Waals surface area contributed by atoms with Gasteiger partial charge >= 0.3 is 0 Å². The van der Waals surface area contributed by atoms with E-state index >= 15 is 0 Å². The van der Waals surface area contributed by atoms with Gasteiger partial charge in [0, 0.05) is 24.0 Å². The third-order valence-corrected chi connectivity index (χ3v) is 6.37. The Hall–Kier alpha value is -1.04. The zero-order valence-electron chi connectivity index (χ0n) is 10.9. The minimum absolute atomic E-state index is 0.264. The van der Waals surface area contributed by atoms with Crippen LogP contribution in [0.25, 0.3) is 11.0 Å². The average Bonchev–Trinajstić information content (AvgIpc) is 2.90. The van der Waals surface area contributed by atoms with Crippen molar-refractivity contribution in [3.05, 3.63) is 35.0 Å². The molecule has 1 aromatic heterocycles. The van der Waals surface area contributed by atoms with Crippen molar-refractivity contribution < 1.29 is 12.8 Å². The minimum atomic E-state index is -2.90. The SMILES string of the molecule is O=S1(=O)CCCC1CNCc1c(Cl)oc2ccccc12. The van der Waals surface area contributed by atoms with Gasteiger partial charge in [0.05, 0.1) is 11.0 Å². The molecule has 0 saturated carbocycles. The number of benzene rings is 1. The second-order valence-corrected chi connectivity index (χ2v) is 7.86. The highest BCUT2D eigenvalue weighted by atomic mass is 35.5. The number of hydrogen-bond acceptors (Lipinski definition) is 4. The number of sulfone groups is 1. The van der Waals surface area contributed by atoms with Crippen molar-refractivity contribution in [3.63, 3.8) is 0 Å². The summed E-state index contributed by atoms with van der Waals surface area (Å²) in [5, 5.41) is 4.27. The lowest BCUT2D eigenvalue weighted by molar-refractivity contribution is 0.571. The van der Waals surface area contributed by atoms with Crippen LogP contribution in [0.15, 0.2) is 28.7 Å². The van der Waals surface area contributed by atoms with Gasteiger partial charge in [-0.1, -0.05) is 18.2 Å². The van der Waals surface area contributed by atoms with Gasteiger partial charge in [0.25, 0.3) is 0 Å². The Morgan fingerprint density at radius 2 is 2.15 bits per heavy atom. The predicted octanol–water partition coefficient (Wildman–Crippen LogP) is 2.75. The summed E-state index contributed by atoms with van der Waals surface area (Å²) in [6.07, 6.45) is 1.51. The fourth-order valence-corrected chi connectivity index (χ4v) is 4.73. The molecule has 6 heteroatoms. The Bertz CT molecular complexity index is 723. The summed E-state index contributed by atoms with van der Waals surface area (Å²) < 4.78 is 29.0. The fourth-order valence-electron chi connectivity index (χ4n) is 2.68. The van der Waals surface area contributed by atoms with Gasteiger partial charge in [0.2, 0.25) is 0 Å². The van der Waals surface area contributed by atoms with Crippen molar-refractivity contribution >= 4 is 32.4 Å². The molecule has 1 aromatic carbocycles. The molecule has 0 aliphatic carbocycles. The maximum atomic E-state index is 11.7. The molecule has 0 radical (unpaired) electrons. The van der Waals surface area contributed by atoms with Crippen molar-refractivity contribution in [2.75, 3.05) is 12.3 Å². The number of fused-ring (bicyclic) bond motifs is 1. The first-order chi connectivity index (χ1) is 9.58. The van der Waals surface area contributed by atoms with Gasteiger partial charge in [0.1, 0.15) is 5.58 Å². The number of hydrogen-bond donors (Lipinski definition) is 1. The van der Waals surface area contributed by atoms with Crippen LogP contribution >= 0.6 is 11.6 Å². The standard InChI is InChI=1S/C14H16ClNO3S/c15-14-12(11-5-1-2-6-13(11)19-14)9-16-8-10-4-3-7-20(10,17)18/h1-2,5-6,10,16H,3-4,7-9H2. The first-order valence-electron chi connectivity index (χ1n) is 6.66. The van der Waals surface area contributed by atoms with E-state index in [0.29, 0.717) is 24.1 Å². The lowest BCUT2D eigenvalue weighted by Gasteiger charge is -2.10. The number of halogens is 1. The Labute approximate surface area is 123 Å². The molecule has 20 heavy (non-hydrogen) atoms. The van der Waals surface area contributed by atoms with Gasteiger partial charge in [-0.25, -0.2) is 8.42 Å². The number of furan rings is 1. The molecular formula is C14H16ClNO3S. The highest BCUT2D eigenvalue weighted by Gasteiger charge is 2.30. The number of para-hydroxylation sites is 1. The van der Waals surface area contributed by atoms with Gasteiger partial charge < -0.3 is 9.73 Å². The van der Waals surface area contributed by atoms with Crippen LogP contribution in [0.1, 0.15) is 18.4 Å². The topological polar surface area (TPSA) is 59.3 Å². The van der Waals surface area contributed by atoms with E-state index in [-0.39, 0.29) is 5.25 Å². The molecule has 1 atom stereocenters. The molecule has 1 aliphatic heterocycles. The summed E-state index contributed by atoms with van der Waals surface area (Å²) in [6.45, 7) is 0.986. The lowest BCUT2D eigenvalue weighted by Crippen LogP contribution is -2.30. The molecule has 1 aliphatic rings. The Morgan fingerprint density at radius 3 is 2.90 bits per heavy atom. The number of nitrogens with one attached hydrogen (secondary N) is 1. The summed E-state index contributed by atoms with van der Waals surface area (Å²) in [6, 6.07) is 7.64. The van der Waals surface area contributed by atoms with Gasteiger partial charge in [-0.3, -0.25) is 0 Å². The van der Waals surface area contributed by atoms with Crippen molar-refractivity contribution in [2.24, 2.45) is 0 Å². The van der Waals surface area contributed by atoms with Crippen molar-refractivity contribution in [1.29, 1.82) is 0 Å². The van der Waals surface area contributed by atoms with E-state index in [0.717, 1.165) is 29.4 Å². The molecule has 0 spiro atoms. The van der Waals surface area contributed by atoms with E-state index < -0.39 is 9.84 Å². The molecule has 1 saturated heterocycles. The van der Waals surface area contributed by atoms with E-state index in [2.05, 4.69) is 5.32 Å². The van der Waals surface area contributed by atoms with Crippen LogP contribution in [0.2, 0.25) is 5.22 Å². The lowest BCUT2D eigenvalue weighted by atomic mass is 10.2. The normalized spacial score (nSPS) is 21.6. The van der Waals surface area contributed by atoms with Gasteiger partial charge in [-0.15, -0.1) is 0 Å². The van der Waals surface area contributed by atoms with Crippen LogP contribution in [0.5, 0.6) is 0 Å². The van der Waals surface area contributed by atoms with Crippen LogP contribution in [0.3, 0.4) is 0 Å². The van der Waals surface area contributed by atoms with E-state index in [1.165, 1.54) is 0 Å². The monoisotopic (exact) mass is 313 g/mol. The highest BCUT2D eigenvalue weighted by molar-refractivity contribution is 7.92. The van der Waals surface area contributed by atoms with Gasteiger partial charge in [-0.05, 0) is 30.5 Å². The van der Waals surface area contributed by atoms with Crippen LogP contribution in [-0.4, -0.2) is 26.0 Å². The first-order valence-corrected chi connectivity index (χ1v) is 8.75. The van der Waals surface area contributed by atoms with Crippen LogP contribution < -0.4 is 5.32 Å². The van der Waals surface area contributed by atoms with Gasteiger partial charge in [0.15, 0.2) is 15.1 Å². The molecular weight excluding hydrogens is 298 g/mol. The zero-order chi connectivity index (χ0) is 14.2. The van der Waals surface area contributed by atoms with Crippen molar-refractivity contribution in [1.82, 2.24) is 5.32 Å². The van der Waals surface area contributed by atoms with E-state index in [1.807, 2.05) is 24.3 Å². The summed E-state index contributed by atoms with van der Waals surface area (Å²) in [5.41, 5.74) is 1.64. The Kier molecular flexibility index (Phi) is 3.75. The van der Waals surface area contributed by atoms with Crippen LogP contribution in [0.4, 0.5) is 0 Å². The second kappa shape index (κ2) is 5.39. The maximum absolute atomic E-state index is 11.7. The highest BCUT2D eigenvalue weighted by Crippen LogP contribution is 2.29. The van der Waals surface area contributed by atoms with E-state index in [9.17, 15) is 8.42 Å². The zero-order valence-corrected chi connectivity index (χ0v) is 12.5. The number of rotatable bonds is 4. The molecule has 108 valence electrons. The molecule has 1 fully saturated rings. The second-order valence-electron chi connectivity index (χ2n) is 5.11. The summed E-state index contributed by atoms with van der Waals surface area (Å²) in [4.78, 5) is 0. The molecule has 2 heterocycles. The Balaban J connectivity index is 1.70. The van der Waals surface area contributed by atoms with E-state index in [1.54, 1.807) is 0 Å². The molecule has 0 amide bonds. The van der Waals surface area contributed by atoms with Crippen molar-refractivity contribution in [2.45, 2.75) is 24.6 Å². The smallest absolute Gasteiger partial charge is 0.199 e. The molecule has 3 rings (SSSR count). The third kappa shape index (κ3) is 2.57. The third-order valence-electron chi connectivity index (χ3n) is 3.79. The Morgan fingerprint density at radius 1 is 1.35 bits per heavy atom. The first kappa shape index (κ1) is 13.9. The van der Waals surface area contributed by atoms with Crippen molar-refractivity contribution in [3.8, 4) is 0 Å². The predicted molar refractivity (Wildman–Crippen MR) is 79.7 cm³/mol. The largest absolute Gasteiger partial charge is 0.444 e. The maximum Gasteiger partial charge on any atom is 0.199 e. The molecule has 2 aromatic rings. The molecule has 1 unspecified atom stereocenters. The summed E-state index contributed by atoms with van der Waals surface area (Å²) in [5.74, 6) is 0.314. The van der Waals surface area contributed by atoms with E-state index in [4.69, 9.17) is 16.0 Å². The molecule has 1 N–H and O–H groups in total. The molecule has 4 nitrogen and oxygen atoms in total. The fraction of sp³-hybridized carbons (Fsp3) is 0.429. The molecule has 0 bridgehead atoms. The van der Waals surface area contributed by atoms with Gasteiger partial charge in [-0.2, -0.15) is 0 Å². The average molecular weight is 314 g/mol. The van der Waals surface area contributed by atoms with Crippen LogP contribution in [0, 0.1) is 0 Å². The summed E-state index contributed by atoms with van der Waals surface area (Å²) >= 11 is 6.09. The van der Waals surface area contributed by atoms with Crippen LogP contribution in [-0.2, 0) is 16.4 Å². The minimum Gasteiger partial charge on any atom is -0.444 e. The summed E-state index contributed by atoms with van der Waals surface area (Å²) in [7, 11) is -2.90.